The van der Waals surface area contributed by atoms with Gasteiger partial charge in [-0.05, 0) is 50.4 Å². The molecule has 1 N–H and O–H groups in total. The first-order valence-corrected chi connectivity index (χ1v) is 7.99. The van der Waals surface area contributed by atoms with E-state index in [-0.39, 0.29) is 6.04 Å². The molecule has 0 aromatic rings. The minimum Gasteiger partial charge on any atom is -0.304 e. The molecule has 6 atom stereocenters. The first-order valence-electron chi connectivity index (χ1n) is 7.11. The number of carbonyl (C=O) groups excluding carboxylic acids is 1. The van der Waals surface area contributed by atoms with Gasteiger partial charge in [0.25, 0.3) is 0 Å². The molecule has 2 saturated heterocycles. The van der Waals surface area contributed by atoms with Crippen molar-refractivity contribution in [1.82, 2.24) is 5.32 Å². The van der Waals surface area contributed by atoms with Crippen molar-refractivity contribution in [2.45, 2.75) is 63.3 Å². The van der Waals surface area contributed by atoms with Crippen LogP contribution in [0, 0.1) is 17.8 Å². The second kappa shape index (κ2) is 4.58. The van der Waals surface area contributed by atoms with Crippen LogP contribution in [0.25, 0.3) is 0 Å². The Hall–Kier alpha value is -0.0200. The SMILES string of the molecule is CC1CCC2C(C1)SC(=O)C1NC(C)CCC12. The molecule has 3 heteroatoms. The molecule has 0 radical (unpaired) electrons. The van der Waals surface area contributed by atoms with Crippen molar-refractivity contribution in [2.75, 3.05) is 0 Å². The van der Waals surface area contributed by atoms with Crippen molar-refractivity contribution >= 4 is 16.9 Å². The number of nitrogens with one attached hydrogen (secondary N) is 1. The van der Waals surface area contributed by atoms with E-state index in [1.54, 1.807) is 11.8 Å². The fourth-order valence-corrected chi connectivity index (χ4v) is 5.65. The van der Waals surface area contributed by atoms with E-state index >= 15 is 0 Å². The molecule has 17 heavy (non-hydrogen) atoms. The Labute approximate surface area is 108 Å². The zero-order chi connectivity index (χ0) is 12.0. The van der Waals surface area contributed by atoms with Gasteiger partial charge >= 0.3 is 0 Å². The molecular formula is C14H23NOS. The van der Waals surface area contributed by atoms with Gasteiger partial charge in [0.15, 0.2) is 0 Å². The topological polar surface area (TPSA) is 29.1 Å². The van der Waals surface area contributed by atoms with E-state index in [4.69, 9.17) is 0 Å². The Morgan fingerprint density at radius 2 is 1.88 bits per heavy atom. The molecule has 1 saturated carbocycles. The lowest BCUT2D eigenvalue weighted by Crippen LogP contribution is -2.57. The lowest BCUT2D eigenvalue weighted by atomic mass is 9.70. The lowest BCUT2D eigenvalue weighted by molar-refractivity contribution is -0.116. The molecule has 0 spiro atoms. The smallest absolute Gasteiger partial charge is 0.206 e. The van der Waals surface area contributed by atoms with Gasteiger partial charge in [-0.3, -0.25) is 4.79 Å². The second-order valence-corrected chi connectivity index (χ2v) is 7.59. The maximum Gasteiger partial charge on any atom is 0.206 e. The summed E-state index contributed by atoms with van der Waals surface area (Å²) in [5.74, 6) is 2.26. The third-order valence-corrected chi connectivity index (χ3v) is 6.33. The van der Waals surface area contributed by atoms with Crippen molar-refractivity contribution < 1.29 is 4.79 Å². The predicted molar refractivity (Wildman–Crippen MR) is 72.0 cm³/mol. The second-order valence-electron chi connectivity index (χ2n) is 6.34. The first-order chi connectivity index (χ1) is 8.15. The number of fused-ring (bicyclic) bond motifs is 3. The van der Waals surface area contributed by atoms with Gasteiger partial charge < -0.3 is 5.32 Å². The molecule has 6 unspecified atom stereocenters. The Bertz CT molecular complexity index is 319. The molecule has 0 bridgehead atoms. The van der Waals surface area contributed by atoms with Crippen LogP contribution in [0.2, 0.25) is 0 Å². The van der Waals surface area contributed by atoms with E-state index in [0.717, 1.165) is 11.8 Å². The number of piperidine rings is 1. The van der Waals surface area contributed by atoms with E-state index in [1.807, 2.05) is 0 Å². The summed E-state index contributed by atoms with van der Waals surface area (Å²) in [4.78, 5) is 12.2. The minimum absolute atomic E-state index is 0.165. The maximum atomic E-state index is 12.2. The molecule has 0 amide bonds. The highest BCUT2D eigenvalue weighted by Gasteiger charge is 2.47. The Morgan fingerprint density at radius 1 is 1.12 bits per heavy atom. The first kappa shape index (κ1) is 12.0. The number of hydrogen-bond donors (Lipinski definition) is 1. The lowest BCUT2D eigenvalue weighted by Gasteiger charge is -2.48. The largest absolute Gasteiger partial charge is 0.304 e. The van der Waals surface area contributed by atoms with Crippen molar-refractivity contribution in [2.24, 2.45) is 17.8 Å². The van der Waals surface area contributed by atoms with Crippen LogP contribution in [0.4, 0.5) is 0 Å². The van der Waals surface area contributed by atoms with Crippen molar-refractivity contribution in [3.63, 3.8) is 0 Å². The summed E-state index contributed by atoms with van der Waals surface area (Å²) < 4.78 is 0. The monoisotopic (exact) mass is 253 g/mol. The number of carbonyl (C=O) groups is 1. The van der Waals surface area contributed by atoms with Crippen LogP contribution < -0.4 is 5.32 Å². The Morgan fingerprint density at radius 3 is 2.71 bits per heavy atom. The summed E-state index contributed by atoms with van der Waals surface area (Å²) in [6.45, 7) is 4.55. The standard InChI is InChI=1S/C14H23NOS/c1-8-3-5-10-11-6-4-9(2)15-13(11)14(16)17-12(10)7-8/h8-13,15H,3-7H2,1-2H3. The fourth-order valence-electron chi connectivity index (χ4n) is 4.03. The van der Waals surface area contributed by atoms with E-state index < -0.39 is 0 Å². The quantitative estimate of drug-likeness (QED) is 0.720. The average Bonchev–Trinajstić information content (AvgIpc) is 2.29. The maximum absolute atomic E-state index is 12.2. The van der Waals surface area contributed by atoms with Crippen LogP contribution >= 0.6 is 11.8 Å². The van der Waals surface area contributed by atoms with Crippen LogP contribution in [-0.2, 0) is 4.79 Å². The van der Waals surface area contributed by atoms with E-state index in [2.05, 4.69) is 19.2 Å². The zero-order valence-electron chi connectivity index (χ0n) is 10.8. The molecule has 0 aromatic heterocycles. The molecule has 2 heterocycles. The molecule has 96 valence electrons. The molecule has 2 nitrogen and oxygen atoms in total. The molecular weight excluding hydrogens is 230 g/mol. The Balaban J connectivity index is 1.79. The van der Waals surface area contributed by atoms with Gasteiger partial charge in [0.2, 0.25) is 5.12 Å². The summed E-state index contributed by atoms with van der Waals surface area (Å²) in [5.41, 5.74) is 0. The minimum atomic E-state index is 0.165. The summed E-state index contributed by atoms with van der Waals surface area (Å²) in [6.07, 6.45) is 6.50. The summed E-state index contributed by atoms with van der Waals surface area (Å²) in [6, 6.07) is 0.693. The molecule has 3 aliphatic rings. The Kier molecular flexibility index (Phi) is 3.24. The van der Waals surface area contributed by atoms with Crippen LogP contribution in [0.3, 0.4) is 0 Å². The third kappa shape index (κ3) is 2.17. The van der Waals surface area contributed by atoms with Gasteiger partial charge in [0.05, 0.1) is 6.04 Å². The average molecular weight is 253 g/mol. The summed E-state index contributed by atoms with van der Waals surface area (Å²) >= 11 is 1.66. The summed E-state index contributed by atoms with van der Waals surface area (Å²) in [7, 11) is 0. The molecule has 3 rings (SSSR count). The van der Waals surface area contributed by atoms with Crippen molar-refractivity contribution in [1.29, 1.82) is 0 Å². The molecule has 1 aliphatic carbocycles. The molecule has 2 aliphatic heterocycles. The fraction of sp³-hybridized carbons (Fsp3) is 0.929. The van der Waals surface area contributed by atoms with Crippen LogP contribution in [0.1, 0.15) is 46.0 Å². The van der Waals surface area contributed by atoms with E-state index in [9.17, 15) is 4.79 Å². The van der Waals surface area contributed by atoms with Crippen LogP contribution in [0.15, 0.2) is 0 Å². The van der Waals surface area contributed by atoms with Gasteiger partial charge in [-0.2, -0.15) is 0 Å². The van der Waals surface area contributed by atoms with Crippen molar-refractivity contribution in [3.8, 4) is 0 Å². The van der Waals surface area contributed by atoms with Gasteiger partial charge in [-0.25, -0.2) is 0 Å². The van der Waals surface area contributed by atoms with Gasteiger partial charge in [-0.1, -0.05) is 25.1 Å². The number of thioether (sulfide) groups is 1. The normalized spacial score (nSPS) is 50.6. The number of hydrogen-bond acceptors (Lipinski definition) is 3. The predicted octanol–water partition coefficient (Wildman–Crippen LogP) is 2.82. The molecule has 0 aromatic carbocycles. The van der Waals surface area contributed by atoms with E-state index in [0.29, 0.717) is 22.3 Å². The van der Waals surface area contributed by atoms with Crippen molar-refractivity contribution in [3.05, 3.63) is 0 Å². The zero-order valence-corrected chi connectivity index (χ0v) is 11.6. The van der Waals surface area contributed by atoms with Gasteiger partial charge in [0.1, 0.15) is 0 Å². The number of rotatable bonds is 0. The van der Waals surface area contributed by atoms with E-state index in [1.165, 1.54) is 32.1 Å². The highest BCUT2D eigenvalue weighted by molar-refractivity contribution is 8.14. The van der Waals surface area contributed by atoms with Crippen LogP contribution in [0.5, 0.6) is 0 Å². The third-order valence-electron chi connectivity index (χ3n) is 5.00. The highest BCUT2D eigenvalue weighted by atomic mass is 32.2. The summed E-state index contributed by atoms with van der Waals surface area (Å²) in [5, 5.41) is 4.60. The van der Waals surface area contributed by atoms with Crippen LogP contribution in [-0.4, -0.2) is 22.4 Å². The van der Waals surface area contributed by atoms with Gasteiger partial charge in [0, 0.05) is 11.3 Å². The van der Waals surface area contributed by atoms with Gasteiger partial charge in [-0.15, -0.1) is 0 Å². The highest BCUT2D eigenvalue weighted by Crippen LogP contribution is 2.48. The molecule has 3 fully saturated rings.